The lowest BCUT2D eigenvalue weighted by Crippen LogP contribution is -2.48. The highest BCUT2D eigenvalue weighted by atomic mass is 16.5. The molecule has 25 heavy (non-hydrogen) atoms. The number of hydrogen-bond donors (Lipinski definition) is 3. The van der Waals surface area contributed by atoms with Gasteiger partial charge in [0.2, 0.25) is 0 Å². The second kappa shape index (κ2) is 9.09. The molecule has 2 rings (SSSR count). The van der Waals surface area contributed by atoms with Crippen LogP contribution in [0.25, 0.3) is 0 Å². The van der Waals surface area contributed by atoms with Crippen LogP contribution in [-0.2, 0) is 6.54 Å². The number of methoxy groups -OCH3 is 1. The van der Waals surface area contributed by atoms with Crippen molar-refractivity contribution >= 4 is 5.96 Å². The molecule has 0 bridgehead atoms. The number of aliphatic hydroxyl groups excluding tert-OH is 1. The molecule has 1 aliphatic carbocycles. The van der Waals surface area contributed by atoms with E-state index in [9.17, 15) is 5.11 Å². The van der Waals surface area contributed by atoms with Crippen LogP contribution in [0, 0.1) is 12.3 Å². The Bertz CT molecular complexity index is 588. The summed E-state index contributed by atoms with van der Waals surface area (Å²) in [6, 6.07) is 6.17. The van der Waals surface area contributed by atoms with Gasteiger partial charge in [-0.25, -0.2) is 4.99 Å². The molecule has 0 aliphatic heterocycles. The molecule has 1 saturated carbocycles. The van der Waals surface area contributed by atoms with E-state index in [2.05, 4.69) is 43.5 Å². The van der Waals surface area contributed by atoms with Crippen molar-refractivity contribution in [2.75, 3.05) is 20.2 Å². The Morgan fingerprint density at radius 1 is 1.36 bits per heavy atom. The molecule has 5 heteroatoms. The molecule has 0 spiro atoms. The first kappa shape index (κ1) is 19.6. The zero-order valence-electron chi connectivity index (χ0n) is 16.1. The predicted molar refractivity (Wildman–Crippen MR) is 103 cm³/mol. The number of guanidine groups is 1. The van der Waals surface area contributed by atoms with E-state index in [-0.39, 0.29) is 11.5 Å². The van der Waals surface area contributed by atoms with Crippen molar-refractivity contribution in [3.05, 3.63) is 29.3 Å². The van der Waals surface area contributed by atoms with Crippen LogP contribution >= 0.6 is 0 Å². The summed E-state index contributed by atoms with van der Waals surface area (Å²) in [4.78, 5) is 4.70. The van der Waals surface area contributed by atoms with Crippen LogP contribution in [0.3, 0.4) is 0 Å². The van der Waals surface area contributed by atoms with Gasteiger partial charge in [0.15, 0.2) is 5.96 Å². The van der Waals surface area contributed by atoms with Crippen molar-refractivity contribution in [2.45, 2.75) is 59.1 Å². The lowest BCUT2D eigenvalue weighted by molar-refractivity contribution is 0.00397. The Hall–Kier alpha value is -1.75. The van der Waals surface area contributed by atoms with E-state index < -0.39 is 0 Å². The average molecular weight is 348 g/mol. The molecule has 140 valence electrons. The number of nitrogens with zero attached hydrogens (tertiary/aromatic N) is 1. The summed E-state index contributed by atoms with van der Waals surface area (Å²) in [5, 5.41) is 17.1. The minimum Gasteiger partial charge on any atom is -0.496 e. The standard InChI is InChI=1S/C20H33N3O2/c1-5-21-19(23-14-20(3)11-7-6-8-18(20)24)22-13-16-10-9-15(2)12-17(16)25-4/h9-10,12,18,24H,5-8,11,13-14H2,1-4H3,(H2,21,22,23). The number of nitrogens with one attached hydrogen (secondary N) is 2. The monoisotopic (exact) mass is 347 g/mol. The van der Waals surface area contributed by atoms with Gasteiger partial charge in [-0.1, -0.05) is 31.9 Å². The summed E-state index contributed by atoms with van der Waals surface area (Å²) >= 11 is 0. The van der Waals surface area contributed by atoms with Gasteiger partial charge in [-0.15, -0.1) is 0 Å². The zero-order chi connectivity index (χ0) is 18.3. The molecular weight excluding hydrogens is 314 g/mol. The molecular formula is C20H33N3O2. The maximum atomic E-state index is 10.4. The quantitative estimate of drug-likeness (QED) is 0.547. The maximum Gasteiger partial charge on any atom is 0.191 e. The molecule has 0 saturated heterocycles. The van der Waals surface area contributed by atoms with E-state index in [0.29, 0.717) is 6.54 Å². The molecule has 1 aliphatic rings. The normalized spacial score (nSPS) is 24.0. The lowest BCUT2D eigenvalue weighted by atomic mass is 9.73. The van der Waals surface area contributed by atoms with Crippen LogP contribution in [0.2, 0.25) is 0 Å². The third-order valence-electron chi connectivity index (χ3n) is 5.13. The van der Waals surface area contributed by atoms with Gasteiger partial charge in [-0.05, 0) is 38.3 Å². The SMILES string of the molecule is CCNC(=NCc1ccc(C)cc1OC)NCC1(C)CCCCC1O. The summed E-state index contributed by atoms with van der Waals surface area (Å²) in [5.41, 5.74) is 2.15. The van der Waals surface area contributed by atoms with Gasteiger partial charge in [0.1, 0.15) is 5.75 Å². The van der Waals surface area contributed by atoms with Crippen LogP contribution < -0.4 is 15.4 Å². The van der Waals surface area contributed by atoms with Crippen LogP contribution in [0.4, 0.5) is 0 Å². The fourth-order valence-corrected chi connectivity index (χ4v) is 3.36. The first-order valence-corrected chi connectivity index (χ1v) is 9.32. The van der Waals surface area contributed by atoms with Crippen molar-refractivity contribution in [1.82, 2.24) is 10.6 Å². The Labute approximate surface area is 151 Å². The molecule has 0 radical (unpaired) electrons. The number of aliphatic hydroxyl groups is 1. The highest BCUT2D eigenvalue weighted by Gasteiger charge is 2.35. The molecule has 2 atom stereocenters. The number of rotatable bonds is 6. The minimum atomic E-state index is -0.242. The molecule has 0 amide bonds. The van der Waals surface area contributed by atoms with Crippen LogP contribution in [0.15, 0.2) is 23.2 Å². The van der Waals surface area contributed by atoms with Gasteiger partial charge in [0, 0.05) is 24.1 Å². The Kier molecular flexibility index (Phi) is 7.12. The van der Waals surface area contributed by atoms with E-state index >= 15 is 0 Å². The second-order valence-corrected chi connectivity index (χ2v) is 7.28. The van der Waals surface area contributed by atoms with E-state index in [1.54, 1.807) is 7.11 Å². The van der Waals surface area contributed by atoms with Crippen molar-refractivity contribution in [1.29, 1.82) is 0 Å². The summed E-state index contributed by atoms with van der Waals surface area (Å²) < 4.78 is 5.46. The highest BCUT2D eigenvalue weighted by molar-refractivity contribution is 5.79. The van der Waals surface area contributed by atoms with E-state index in [4.69, 9.17) is 9.73 Å². The van der Waals surface area contributed by atoms with Gasteiger partial charge < -0.3 is 20.5 Å². The fourth-order valence-electron chi connectivity index (χ4n) is 3.36. The smallest absolute Gasteiger partial charge is 0.191 e. The molecule has 0 aromatic heterocycles. The third kappa shape index (κ3) is 5.36. The van der Waals surface area contributed by atoms with Crippen molar-refractivity contribution in [3.8, 4) is 5.75 Å². The van der Waals surface area contributed by atoms with Gasteiger partial charge >= 0.3 is 0 Å². The topological polar surface area (TPSA) is 65.9 Å². The zero-order valence-corrected chi connectivity index (χ0v) is 16.1. The first-order chi connectivity index (χ1) is 12.0. The minimum absolute atomic E-state index is 0.0873. The fraction of sp³-hybridized carbons (Fsp3) is 0.650. The van der Waals surface area contributed by atoms with Crippen molar-refractivity contribution < 1.29 is 9.84 Å². The summed E-state index contributed by atoms with van der Waals surface area (Å²) in [6.45, 7) is 8.35. The molecule has 0 heterocycles. The second-order valence-electron chi connectivity index (χ2n) is 7.28. The molecule has 5 nitrogen and oxygen atoms in total. The third-order valence-corrected chi connectivity index (χ3v) is 5.13. The van der Waals surface area contributed by atoms with Gasteiger partial charge in [0.25, 0.3) is 0 Å². The first-order valence-electron chi connectivity index (χ1n) is 9.32. The van der Waals surface area contributed by atoms with Crippen molar-refractivity contribution in [2.24, 2.45) is 10.4 Å². The number of aliphatic imine (C=N–C) groups is 1. The Morgan fingerprint density at radius 2 is 2.16 bits per heavy atom. The summed E-state index contributed by atoms with van der Waals surface area (Å²) in [5.74, 6) is 1.65. The lowest BCUT2D eigenvalue weighted by Gasteiger charge is -2.38. The summed E-state index contributed by atoms with van der Waals surface area (Å²) in [6.07, 6.45) is 4.01. The van der Waals surface area contributed by atoms with Gasteiger partial charge in [-0.3, -0.25) is 0 Å². The van der Waals surface area contributed by atoms with Crippen molar-refractivity contribution in [3.63, 3.8) is 0 Å². The van der Waals surface area contributed by atoms with E-state index in [1.807, 2.05) is 6.07 Å². The average Bonchev–Trinajstić information content (AvgIpc) is 2.61. The summed E-state index contributed by atoms with van der Waals surface area (Å²) in [7, 11) is 1.69. The Morgan fingerprint density at radius 3 is 2.84 bits per heavy atom. The maximum absolute atomic E-state index is 10.4. The number of ether oxygens (including phenoxy) is 1. The molecule has 1 fully saturated rings. The van der Waals surface area contributed by atoms with Gasteiger partial charge in [0.05, 0.1) is 19.8 Å². The predicted octanol–water partition coefficient (Wildman–Crippen LogP) is 3.00. The highest BCUT2D eigenvalue weighted by Crippen LogP contribution is 2.35. The number of benzene rings is 1. The molecule has 3 N–H and O–H groups in total. The number of hydrogen-bond acceptors (Lipinski definition) is 3. The van der Waals surface area contributed by atoms with Crippen LogP contribution in [0.5, 0.6) is 5.75 Å². The largest absolute Gasteiger partial charge is 0.496 e. The molecule has 2 unspecified atom stereocenters. The Balaban J connectivity index is 2.03. The van der Waals surface area contributed by atoms with Crippen LogP contribution in [-0.4, -0.2) is 37.4 Å². The molecule has 1 aromatic rings. The van der Waals surface area contributed by atoms with E-state index in [1.165, 1.54) is 12.0 Å². The van der Waals surface area contributed by atoms with Gasteiger partial charge in [-0.2, -0.15) is 0 Å². The number of aryl methyl sites for hydroxylation is 1. The van der Waals surface area contributed by atoms with E-state index in [0.717, 1.165) is 49.6 Å². The van der Waals surface area contributed by atoms with Crippen LogP contribution in [0.1, 0.15) is 50.7 Å². The molecule has 1 aromatic carbocycles.